The zero-order valence-electron chi connectivity index (χ0n) is 5.49. The van der Waals surface area contributed by atoms with Crippen molar-refractivity contribution >= 4 is 6.08 Å². The molecule has 0 aliphatic carbocycles. The van der Waals surface area contributed by atoms with Crippen molar-refractivity contribution in [1.82, 2.24) is 4.98 Å². The standard InChI is InChI=1S/C9H7N/c1-2-3-4-9-5-7-10-8-6-9/h1,3-8H. The fraction of sp³-hybridized carbons (Fsp3) is 0. The van der Waals surface area contributed by atoms with Crippen molar-refractivity contribution in [1.29, 1.82) is 0 Å². The maximum absolute atomic E-state index is 5.02. The van der Waals surface area contributed by atoms with Crippen LogP contribution >= 0.6 is 0 Å². The molecule has 0 spiro atoms. The van der Waals surface area contributed by atoms with Crippen molar-refractivity contribution in [2.24, 2.45) is 0 Å². The Labute approximate surface area is 60.4 Å². The highest BCUT2D eigenvalue weighted by atomic mass is 14.6. The Balaban J connectivity index is 2.79. The van der Waals surface area contributed by atoms with E-state index in [2.05, 4.69) is 10.9 Å². The minimum atomic E-state index is 1.08. The Bertz CT molecular complexity index is 254. The third kappa shape index (κ3) is 1.75. The van der Waals surface area contributed by atoms with Crippen LogP contribution in [0.4, 0.5) is 0 Å². The lowest BCUT2D eigenvalue weighted by Crippen LogP contribution is -1.70. The molecule has 0 aliphatic heterocycles. The van der Waals surface area contributed by atoms with E-state index in [-0.39, 0.29) is 0 Å². The van der Waals surface area contributed by atoms with Gasteiger partial charge in [-0.05, 0) is 29.8 Å². The first-order valence-electron chi connectivity index (χ1n) is 2.96. The number of hydrogen-bond acceptors (Lipinski definition) is 1. The van der Waals surface area contributed by atoms with Crippen LogP contribution in [0.3, 0.4) is 0 Å². The molecular weight excluding hydrogens is 122 g/mol. The van der Waals surface area contributed by atoms with Crippen LogP contribution in [-0.2, 0) is 0 Å². The quantitative estimate of drug-likeness (QED) is 0.526. The molecule has 1 aromatic rings. The molecule has 1 heteroatoms. The number of rotatable bonds is 1. The summed E-state index contributed by atoms with van der Waals surface area (Å²) < 4.78 is 0. The Kier molecular flexibility index (Phi) is 2.28. The molecule has 0 saturated heterocycles. The third-order valence-corrected chi connectivity index (χ3v) is 1.08. The van der Waals surface area contributed by atoms with E-state index >= 15 is 0 Å². The smallest absolute Gasteiger partial charge is 0.0273 e. The van der Waals surface area contributed by atoms with Gasteiger partial charge in [-0.1, -0.05) is 5.92 Å². The summed E-state index contributed by atoms with van der Waals surface area (Å²) in [7, 11) is 0. The topological polar surface area (TPSA) is 12.9 Å². The number of terminal acetylenes is 1. The Morgan fingerprint density at radius 2 is 2.10 bits per heavy atom. The van der Waals surface area contributed by atoms with Gasteiger partial charge in [0, 0.05) is 12.4 Å². The van der Waals surface area contributed by atoms with E-state index in [0.29, 0.717) is 0 Å². The summed E-state index contributed by atoms with van der Waals surface area (Å²) >= 11 is 0. The maximum atomic E-state index is 5.02. The van der Waals surface area contributed by atoms with Crippen LogP contribution in [0.1, 0.15) is 5.56 Å². The molecular formula is C9H7N. The molecule has 0 fully saturated rings. The van der Waals surface area contributed by atoms with E-state index in [1.807, 2.05) is 18.2 Å². The number of hydrogen-bond donors (Lipinski definition) is 0. The van der Waals surface area contributed by atoms with Crippen LogP contribution in [0.25, 0.3) is 6.08 Å². The number of aromatic nitrogens is 1. The molecule has 0 bridgehead atoms. The first-order chi connectivity index (χ1) is 4.93. The molecule has 0 radical (unpaired) electrons. The average Bonchev–Trinajstić information content (AvgIpc) is 2.03. The second-order valence-electron chi connectivity index (χ2n) is 1.78. The average molecular weight is 129 g/mol. The van der Waals surface area contributed by atoms with Gasteiger partial charge in [0.1, 0.15) is 0 Å². The molecule has 0 amide bonds. The van der Waals surface area contributed by atoms with E-state index in [1.54, 1.807) is 18.5 Å². The maximum Gasteiger partial charge on any atom is 0.0273 e. The molecule has 0 atom stereocenters. The minimum absolute atomic E-state index is 1.08. The van der Waals surface area contributed by atoms with Crippen molar-refractivity contribution in [3.63, 3.8) is 0 Å². The van der Waals surface area contributed by atoms with Gasteiger partial charge in [0.2, 0.25) is 0 Å². The van der Waals surface area contributed by atoms with Crippen LogP contribution in [-0.4, -0.2) is 4.98 Å². The SMILES string of the molecule is C#CC=Cc1ccncc1. The number of allylic oxidation sites excluding steroid dienone is 1. The van der Waals surface area contributed by atoms with Gasteiger partial charge >= 0.3 is 0 Å². The van der Waals surface area contributed by atoms with Crippen molar-refractivity contribution in [3.05, 3.63) is 36.2 Å². The zero-order chi connectivity index (χ0) is 7.23. The highest BCUT2D eigenvalue weighted by molar-refractivity contribution is 5.51. The molecule has 0 saturated carbocycles. The fourth-order valence-electron chi connectivity index (χ4n) is 0.619. The highest BCUT2D eigenvalue weighted by Gasteiger charge is 1.79. The van der Waals surface area contributed by atoms with Gasteiger partial charge in [-0.2, -0.15) is 0 Å². The van der Waals surface area contributed by atoms with E-state index in [4.69, 9.17) is 6.42 Å². The third-order valence-electron chi connectivity index (χ3n) is 1.08. The van der Waals surface area contributed by atoms with Gasteiger partial charge in [0.15, 0.2) is 0 Å². The molecule has 1 aromatic heterocycles. The Hall–Kier alpha value is -1.55. The Morgan fingerprint density at radius 3 is 2.70 bits per heavy atom. The summed E-state index contributed by atoms with van der Waals surface area (Å²) in [6, 6.07) is 3.79. The van der Waals surface area contributed by atoms with Crippen LogP contribution < -0.4 is 0 Å². The first kappa shape index (κ1) is 6.57. The van der Waals surface area contributed by atoms with E-state index in [9.17, 15) is 0 Å². The van der Waals surface area contributed by atoms with Gasteiger partial charge in [0.25, 0.3) is 0 Å². The van der Waals surface area contributed by atoms with Crippen LogP contribution in [0, 0.1) is 12.3 Å². The molecule has 48 valence electrons. The number of nitrogens with zero attached hydrogens (tertiary/aromatic N) is 1. The number of pyridine rings is 1. The molecule has 0 aromatic carbocycles. The fourth-order valence-corrected chi connectivity index (χ4v) is 0.619. The molecule has 10 heavy (non-hydrogen) atoms. The lowest BCUT2D eigenvalue weighted by molar-refractivity contribution is 1.32. The van der Waals surface area contributed by atoms with Crippen molar-refractivity contribution < 1.29 is 0 Å². The van der Waals surface area contributed by atoms with Crippen LogP contribution in [0.5, 0.6) is 0 Å². The van der Waals surface area contributed by atoms with E-state index in [0.717, 1.165) is 5.56 Å². The van der Waals surface area contributed by atoms with E-state index in [1.165, 1.54) is 0 Å². The molecule has 0 unspecified atom stereocenters. The highest BCUT2D eigenvalue weighted by Crippen LogP contribution is 1.97. The zero-order valence-corrected chi connectivity index (χ0v) is 5.49. The summed E-state index contributed by atoms with van der Waals surface area (Å²) in [5.74, 6) is 2.42. The van der Waals surface area contributed by atoms with Gasteiger partial charge in [-0.25, -0.2) is 0 Å². The molecule has 0 aliphatic rings. The summed E-state index contributed by atoms with van der Waals surface area (Å²) in [6.07, 6.45) is 12.0. The van der Waals surface area contributed by atoms with Gasteiger partial charge in [-0.15, -0.1) is 6.42 Å². The monoisotopic (exact) mass is 129 g/mol. The van der Waals surface area contributed by atoms with Crippen LogP contribution in [0.15, 0.2) is 30.6 Å². The van der Waals surface area contributed by atoms with Crippen LogP contribution in [0.2, 0.25) is 0 Å². The van der Waals surface area contributed by atoms with Crippen molar-refractivity contribution in [2.45, 2.75) is 0 Å². The van der Waals surface area contributed by atoms with Crippen molar-refractivity contribution in [3.8, 4) is 12.3 Å². The normalized spacial score (nSPS) is 9.50. The molecule has 1 nitrogen and oxygen atoms in total. The molecule has 1 rings (SSSR count). The predicted octanol–water partition coefficient (Wildman–Crippen LogP) is 1.73. The lowest BCUT2D eigenvalue weighted by Gasteiger charge is -1.86. The van der Waals surface area contributed by atoms with Gasteiger partial charge < -0.3 is 0 Å². The summed E-state index contributed by atoms with van der Waals surface area (Å²) in [6.45, 7) is 0. The second kappa shape index (κ2) is 3.47. The molecule has 1 heterocycles. The molecule has 0 N–H and O–H groups in total. The largest absolute Gasteiger partial charge is 0.265 e. The van der Waals surface area contributed by atoms with E-state index < -0.39 is 0 Å². The second-order valence-corrected chi connectivity index (χ2v) is 1.78. The van der Waals surface area contributed by atoms with Crippen molar-refractivity contribution in [2.75, 3.05) is 0 Å². The summed E-state index contributed by atoms with van der Waals surface area (Å²) in [4.78, 5) is 3.87. The summed E-state index contributed by atoms with van der Waals surface area (Å²) in [5.41, 5.74) is 1.08. The van der Waals surface area contributed by atoms with Gasteiger partial charge in [0.05, 0.1) is 0 Å². The summed E-state index contributed by atoms with van der Waals surface area (Å²) in [5, 5.41) is 0. The predicted molar refractivity (Wildman–Crippen MR) is 42.1 cm³/mol. The van der Waals surface area contributed by atoms with Gasteiger partial charge in [-0.3, -0.25) is 4.98 Å². The Morgan fingerprint density at radius 1 is 1.40 bits per heavy atom. The lowest BCUT2D eigenvalue weighted by atomic mass is 10.2. The minimum Gasteiger partial charge on any atom is -0.265 e. The first-order valence-corrected chi connectivity index (χ1v) is 2.96.